The minimum absolute atomic E-state index is 0.0326. The van der Waals surface area contributed by atoms with E-state index in [1.54, 1.807) is 0 Å². The Hall–Kier alpha value is -2.62. The summed E-state index contributed by atoms with van der Waals surface area (Å²) in [5, 5.41) is 29.8. The molecule has 0 bridgehead atoms. The number of alkyl halides is 3. The summed E-state index contributed by atoms with van der Waals surface area (Å²) in [6.45, 7) is 3.02. The molecule has 2 aromatic rings. The number of rotatable bonds is 4. The molecule has 140 valence electrons. The Kier molecular flexibility index (Phi) is 5.55. The molecule has 1 unspecified atom stereocenters. The number of hydrogen-bond acceptors (Lipinski definition) is 5. The molecule has 2 aromatic carbocycles. The maximum atomic E-state index is 12.7. The van der Waals surface area contributed by atoms with Crippen LogP contribution in [0.2, 0.25) is 0 Å². The molecule has 6 nitrogen and oxygen atoms in total. The summed E-state index contributed by atoms with van der Waals surface area (Å²) in [4.78, 5) is 12.3. The van der Waals surface area contributed by atoms with Gasteiger partial charge in [0, 0.05) is 11.3 Å². The molecule has 1 amide bonds. The van der Waals surface area contributed by atoms with E-state index in [2.05, 4.69) is 5.32 Å². The fourth-order valence-corrected chi connectivity index (χ4v) is 2.50. The van der Waals surface area contributed by atoms with Crippen molar-refractivity contribution in [3.8, 4) is 0 Å². The Balaban J connectivity index is 2.30. The van der Waals surface area contributed by atoms with Gasteiger partial charge in [-0.25, -0.2) is 0 Å². The Morgan fingerprint density at radius 2 is 1.69 bits per heavy atom. The quantitative estimate of drug-likeness (QED) is 0.616. The number of hydrogen-bond donors (Lipinski definition) is 4. The topological polar surface area (TPSA) is 93.0 Å². The molecular weight excluding hydrogens is 353 g/mol. The van der Waals surface area contributed by atoms with Crippen molar-refractivity contribution in [2.45, 2.75) is 26.1 Å². The van der Waals surface area contributed by atoms with Crippen molar-refractivity contribution in [3.05, 3.63) is 58.7 Å². The van der Waals surface area contributed by atoms with E-state index in [-0.39, 0.29) is 22.0 Å². The first-order chi connectivity index (χ1) is 12.0. The van der Waals surface area contributed by atoms with Crippen molar-refractivity contribution in [1.29, 1.82) is 0 Å². The summed E-state index contributed by atoms with van der Waals surface area (Å²) in [7, 11) is 0. The molecule has 0 spiro atoms. The van der Waals surface area contributed by atoms with E-state index in [1.165, 1.54) is 38.1 Å². The van der Waals surface area contributed by atoms with Gasteiger partial charge in [0.15, 0.2) is 6.10 Å². The number of aliphatic hydroxyl groups excluding tert-OH is 1. The average molecular weight is 370 g/mol. The molecule has 1 atom stereocenters. The zero-order chi connectivity index (χ0) is 19.6. The van der Waals surface area contributed by atoms with Crippen LogP contribution in [0.1, 0.15) is 33.2 Å². The maximum Gasteiger partial charge on any atom is 0.418 e. The number of aliphatic hydroxyl groups is 1. The summed E-state index contributed by atoms with van der Waals surface area (Å²) in [6.07, 6.45) is -7.40. The molecule has 0 fully saturated rings. The van der Waals surface area contributed by atoms with Gasteiger partial charge in [-0.1, -0.05) is 18.2 Å². The molecular formula is C17H17F3N2O4. The number of carbonyl (C=O) groups is 1. The Labute approximate surface area is 147 Å². The lowest BCUT2D eigenvalue weighted by Crippen LogP contribution is -2.21. The Bertz CT molecular complexity index is 799. The summed E-state index contributed by atoms with van der Waals surface area (Å²) in [6, 6.07) is 7.77. The van der Waals surface area contributed by atoms with Crippen molar-refractivity contribution in [2.75, 3.05) is 10.5 Å². The lowest BCUT2D eigenvalue weighted by Gasteiger charge is -2.19. The number of aryl methyl sites for hydroxylation is 2. The molecule has 0 radical (unpaired) electrons. The van der Waals surface area contributed by atoms with E-state index in [0.717, 1.165) is 12.1 Å². The molecule has 0 saturated heterocycles. The van der Waals surface area contributed by atoms with Crippen LogP contribution < -0.4 is 10.5 Å². The highest BCUT2D eigenvalue weighted by Crippen LogP contribution is 2.35. The number of benzene rings is 2. The second-order valence-electron chi connectivity index (χ2n) is 5.77. The van der Waals surface area contributed by atoms with E-state index >= 15 is 0 Å². The van der Waals surface area contributed by atoms with Crippen molar-refractivity contribution in [2.24, 2.45) is 0 Å². The summed E-state index contributed by atoms with van der Waals surface area (Å²) in [5.74, 6) is -0.580. The van der Waals surface area contributed by atoms with E-state index in [0.29, 0.717) is 16.8 Å². The van der Waals surface area contributed by atoms with Crippen LogP contribution in [0.5, 0.6) is 0 Å². The number of halogens is 3. The summed E-state index contributed by atoms with van der Waals surface area (Å²) < 4.78 is 38.0. The molecule has 0 saturated carbocycles. The predicted molar refractivity (Wildman–Crippen MR) is 87.4 cm³/mol. The fraction of sp³-hybridized carbons (Fsp3) is 0.235. The minimum atomic E-state index is -4.79. The maximum absolute atomic E-state index is 12.7. The van der Waals surface area contributed by atoms with Gasteiger partial charge in [0.05, 0.1) is 5.69 Å². The normalized spacial score (nSPS) is 12.6. The lowest BCUT2D eigenvalue weighted by atomic mass is 10.00. The highest BCUT2D eigenvalue weighted by Gasteiger charge is 2.39. The van der Waals surface area contributed by atoms with Crippen LogP contribution in [0.15, 0.2) is 36.4 Å². The monoisotopic (exact) mass is 370 g/mol. The van der Waals surface area contributed by atoms with Crippen LogP contribution in [0.25, 0.3) is 0 Å². The lowest BCUT2D eigenvalue weighted by molar-refractivity contribution is -0.206. The van der Waals surface area contributed by atoms with Gasteiger partial charge in [0.25, 0.3) is 5.91 Å². The van der Waals surface area contributed by atoms with Crippen molar-refractivity contribution < 1.29 is 33.5 Å². The Morgan fingerprint density at radius 3 is 2.19 bits per heavy atom. The van der Waals surface area contributed by atoms with Gasteiger partial charge < -0.3 is 10.4 Å². The fourth-order valence-electron chi connectivity index (χ4n) is 2.50. The molecule has 4 N–H and O–H groups in total. The van der Waals surface area contributed by atoms with Crippen LogP contribution in [0.4, 0.5) is 24.5 Å². The molecule has 0 heterocycles. The number of nitrogens with one attached hydrogen (secondary N) is 1. The van der Waals surface area contributed by atoms with Gasteiger partial charge in [-0.2, -0.15) is 13.2 Å². The van der Waals surface area contributed by atoms with E-state index in [1.807, 2.05) is 0 Å². The van der Waals surface area contributed by atoms with Gasteiger partial charge in [0.1, 0.15) is 0 Å². The van der Waals surface area contributed by atoms with Crippen LogP contribution >= 0.6 is 0 Å². The van der Waals surface area contributed by atoms with Gasteiger partial charge in [-0.3, -0.25) is 15.2 Å². The van der Waals surface area contributed by atoms with Gasteiger partial charge in [-0.05, 0) is 48.7 Å². The molecule has 0 aliphatic carbocycles. The van der Waals surface area contributed by atoms with Crippen LogP contribution in [-0.2, 0) is 0 Å². The largest absolute Gasteiger partial charge is 0.418 e. The molecule has 0 aromatic heterocycles. The van der Waals surface area contributed by atoms with Crippen molar-refractivity contribution >= 4 is 17.3 Å². The van der Waals surface area contributed by atoms with Crippen molar-refractivity contribution in [1.82, 2.24) is 0 Å². The third-order valence-electron chi connectivity index (χ3n) is 3.76. The molecule has 9 heteroatoms. The van der Waals surface area contributed by atoms with Crippen LogP contribution in [0.3, 0.4) is 0 Å². The number of amides is 1. The van der Waals surface area contributed by atoms with Gasteiger partial charge >= 0.3 is 6.18 Å². The number of carbonyl (C=O) groups excluding carboxylic acids is 1. The number of anilines is 2. The first-order valence-electron chi connectivity index (χ1n) is 7.46. The van der Waals surface area contributed by atoms with E-state index < -0.39 is 18.2 Å². The minimum Gasteiger partial charge on any atom is -0.379 e. The first-order valence-corrected chi connectivity index (χ1v) is 7.46. The third-order valence-corrected chi connectivity index (χ3v) is 3.76. The molecule has 26 heavy (non-hydrogen) atoms. The van der Waals surface area contributed by atoms with Gasteiger partial charge in [0.2, 0.25) is 0 Å². The van der Waals surface area contributed by atoms with E-state index in [9.17, 15) is 23.1 Å². The summed E-state index contributed by atoms with van der Waals surface area (Å²) >= 11 is 0. The summed E-state index contributed by atoms with van der Waals surface area (Å²) in [5.41, 5.74) is 0.771. The second kappa shape index (κ2) is 7.32. The van der Waals surface area contributed by atoms with Gasteiger partial charge in [-0.15, -0.1) is 5.23 Å². The molecule has 2 rings (SSSR count). The van der Waals surface area contributed by atoms with E-state index in [4.69, 9.17) is 10.4 Å². The smallest absolute Gasteiger partial charge is 0.379 e. The van der Waals surface area contributed by atoms with Crippen molar-refractivity contribution in [3.63, 3.8) is 0 Å². The Morgan fingerprint density at radius 1 is 1.12 bits per heavy atom. The highest BCUT2D eigenvalue weighted by molar-refractivity contribution is 6.05. The molecule has 0 aliphatic heterocycles. The van der Waals surface area contributed by atoms with Crippen LogP contribution in [-0.4, -0.2) is 27.6 Å². The highest BCUT2D eigenvalue weighted by atomic mass is 19.4. The second-order valence-corrected chi connectivity index (χ2v) is 5.77. The molecule has 0 aliphatic rings. The zero-order valence-electron chi connectivity index (χ0n) is 13.9. The van der Waals surface area contributed by atoms with Crippen LogP contribution in [0, 0.1) is 13.8 Å². The third kappa shape index (κ3) is 4.31. The predicted octanol–water partition coefficient (Wildman–Crippen LogP) is 3.74. The number of nitrogens with zero attached hydrogens (tertiary/aromatic N) is 1. The zero-order valence-corrected chi connectivity index (χ0v) is 13.9. The standard InChI is InChI=1S/C17H17F3N2O4/c1-9-6-12(15(23)17(18,19)20)7-10(2)14(9)21-16(24)11-4-3-5-13(8-11)22(25)26/h3-8,15,23,25-26H,1-2H3,(H,21,24). The SMILES string of the molecule is Cc1cc(C(O)C(F)(F)F)cc(C)c1NC(=O)c1cccc(N(O)O)c1. The first kappa shape index (κ1) is 19.7. The average Bonchev–Trinajstić information content (AvgIpc) is 2.56.